The Bertz CT molecular complexity index is 822. The molecule has 0 aromatic heterocycles. The molecule has 1 unspecified atom stereocenters. The zero-order chi connectivity index (χ0) is 19.5. The third-order valence-corrected chi connectivity index (χ3v) is 4.89. The van der Waals surface area contributed by atoms with E-state index in [2.05, 4.69) is 10.5 Å². The Kier molecular flexibility index (Phi) is 5.91. The number of hydrogen-bond donors (Lipinski definition) is 1. The summed E-state index contributed by atoms with van der Waals surface area (Å²) in [6, 6.07) is 12.1. The molecule has 0 heterocycles. The Hall–Kier alpha value is -2.15. The van der Waals surface area contributed by atoms with E-state index < -0.39 is 22.5 Å². The van der Waals surface area contributed by atoms with Crippen LogP contribution < -0.4 is 5.43 Å². The van der Waals surface area contributed by atoms with Gasteiger partial charge in [-0.1, -0.05) is 51.1 Å². The first-order valence-corrected chi connectivity index (χ1v) is 9.50. The summed E-state index contributed by atoms with van der Waals surface area (Å²) in [5.74, 6) is 0. The normalized spacial score (nSPS) is 14.2. The molecular weight excluding hydrogens is 361 g/mol. The van der Waals surface area contributed by atoms with E-state index in [1.54, 1.807) is 30.5 Å². The lowest BCUT2D eigenvalue weighted by Gasteiger charge is -2.19. The van der Waals surface area contributed by atoms with Gasteiger partial charge in [0.15, 0.2) is 0 Å². The summed E-state index contributed by atoms with van der Waals surface area (Å²) in [6.45, 7) is 5.74. The summed E-state index contributed by atoms with van der Waals surface area (Å²) in [5.41, 5.74) is 3.81. The van der Waals surface area contributed by atoms with Crippen molar-refractivity contribution in [3.63, 3.8) is 0 Å². The summed E-state index contributed by atoms with van der Waals surface area (Å²) in [6.07, 6.45) is -2.80. The first-order chi connectivity index (χ1) is 12.0. The summed E-state index contributed by atoms with van der Waals surface area (Å²) < 4.78 is 50.2. The van der Waals surface area contributed by atoms with Gasteiger partial charge in [-0.2, -0.15) is 18.3 Å². The third kappa shape index (κ3) is 4.94. The number of hydrogen-bond acceptors (Lipinski definition) is 3. The van der Waals surface area contributed by atoms with E-state index in [1.807, 2.05) is 20.8 Å². The molecule has 2 aromatic carbocycles. The van der Waals surface area contributed by atoms with Crippen LogP contribution in [0.1, 0.15) is 26.3 Å². The third-order valence-electron chi connectivity index (χ3n) is 3.64. The van der Waals surface area contributed by atoms with Gasteiger partial charge < -0.3 is 0 Å². The highest BCUT2D eigenvalue weighted by Gasteiger charge is 2.30. The molecule has 140 valence electrons. The number of benzene rings is 2. The second-order valence-electron chi connectivity index (χ2n) is 6.85. The van der Waals surface area contributed by atoms with Crippen LogP contribution in [0.25, 0.3) is 11.1 Å². The molecule has 2 rings (SSSR count). The van der Waals surface area contributed by atoms with Gasteiger partial charge >= 0.3 is 6.18 Å². The van der Waals surface area contributed by atoms with E-state index in [9.17, 15) is 17.4 Å². The number of nitrogens with one attached hydrogen (secondary N) is 1. The molecule has 3 nitrogen and oxygen atoms in total. The maximum atomic E-state index is 12.7. The molecular formula is C19H21F3N2OS. The fourth-order valence-corrected chi connectivity index (χ4v) is 3.48. The van der Waals surface area contributed by atoms with Gasteiger partial charge in [0.2, 0.25) is 0 Å². The standard InChI is InChI=1S/C19H21F3N2OS/c1-18(2,3)17(26(4)25)24-23-16-8-6-5-7-15(16)13-9-11-14(12-10-13)19(20,21)22/h5-12,23H,1-4H3/b24-17+. The molecule has 0 radical (unpaired) electrons. The quantitative estimate of drug-likeness (QED) is 0.431. The molecule has 0 aliphatic rings. The first kappa shape index (κ1) is 20.2. The minimum Gasteiger partial charge on any atom is -0.277 e. The highest BCUT2D eigenvalue weighted by atomic mass is 32.2. The molecule has 7 heteroatoms. The Morgan fingerprint density at radius 3 is 2.08 bits per heavy atom. The van der Waals surface area contributed by atoms with E-state index in [0.717, 1.165) is 12.1 Å². The van der Waals surface area contributed by atoms with Gasteiger partial charge in [-0.3, -0.25) is 9.63 Å². The lowest BCUT2D eigenvalue weighted by atomic mass is 9.99. The number of para-hydroxylation sites is 1. The van der Waals surface area contributed by atoms with Crippen molar-refractivity contribution in [2.45, 2.75) is 26.9 Å². The molecule has 0 saturated heterocycles. The summed E-state index contributed by atoms with van der Waals surface area (Å²) in [4.78, 5) is 0. The smallest absolute Gasteiger partial charge is 0.277 e. The molecule has 1 N–H and O–H groups in total. The molecule has 0 aliphatic carbocycles. The Morgan fingerprint density at radius 2 is 1.58 bits per heavy atom. The van der Waals surface area contributed by atoms with Crippen LogP contribution in [0.4, 0.5) is 18.9 Å². The molecule has 2 aromatic rings. The lowest BCUT2D eigenvalue weighted by Crippen LogP contribution is -2.25. The number of anilines is 1. The molecule has 26 heavy (non-hydrogen) atoms. The Morgan fingerprint density at radius 1 is 1.00 bits per heavy atom. The number of alkyl halides is 3. The maximum absolute atomic E-state index is 12.7. The van der Waals surface area contributed by atoms with E-state index in [4.69, 9.17) is 0 Å². The summed E-state index contributed by atoms with van der Waals surface area (Å²) in [5, 5.41) is 4.79. The van der Waals surface area contributed by atoms with Gasteiger partial charge in [-0.25, -0.2) is 0 Å². The second kappa shape index (κ2) is 7.61. The van der Waals surface area contributed by atoms with Crippen molar-refractivity contribution < 1.29 is 17.4 Å². The highest BCUT2D eigenvalue weighted by Crippen LogP contribution is 2.33. The number of nitrogens with zero attached hydrogens (tertiary/aromatic N) is 1. The fraction of sp³-hybridized carbons (Fsp3) is 0.316. The van der Waals surface area contributed by atoms with Crippen LogP contribution in [0, 0.1) is 5.41 Å². The monoisotopic (exact) mass is 382 g/mol. The number of rotatable bonds is 3. The van der Waals surface area contributed by atoms with E-state index in [1.165, 1.54) is 12.1 Å². The molecule has 0 fully saturated rings. The van der Waals surface area contributed by atoms with Crippen molar-refractivity contribution in [2.24, 2.45) is 10.5 Å². The van der Waals surface area contributed by atoms with Crippen LogP contribution in [0.5, 0.6) is 0 Å². The van der Waals surface area contributed by atoms with Crippen molar-refractivity contribution in [1.82, 2.24) is 0 Å². The predicted molar refractivity (Wildman–Crippen MR) is 101 cm³/mol. The average Bonchev–Trinajstić information content (AvgIpc) is 2.53. The topological polar surface area (TPSA) is 41.5 Å². The van der Waals surface area contributed by atoms with Crippen molar-refractivity contribution in [2.75, 3.05) is 11.7 Å². The van der Waals surface area contributed by atoms with Crippen molar-refractivity contribution in [3.8, 4) is 11.1 Å². The van der Waals surface area contributed by atoms with Gasteiger partial charge in [0, 0.05) is 17.2 Å². The maximum Gasteiger partial charge on any atom is 0.416 e. The van der Waals surface area contributed by atoms with E-state index >= 15 is 0 Å². The first-order valence-electron chi connectivity index (χ1n) is 7.94. The second-order valence-corrected chi connectivity index (χ2v) is 8.15. The SMILES string of the molecule is CS(=O)/C(=N/Nc1ccccc1-c1ccc(C(F)(F)F)cc1)C(C)(C)C. The predicted octanol–water partition coefficient (Wildman–Crippen LogP) is 5.52. The van der Waals surface area contributed by atoms with Gasteiger partial charge in [0.25, 0.3) is 0 Å². The van der Waals surface area contributed by atoms with Gasteiger partial charge in [0.05, 0.1) is 22.1 Å². The van der Waals surface area contributed by atoms with Gasteiger partial charge in [-0.15, -0.1) is 0 Å². The fourth-order valence-electron chi connectivity index (χ4n) is 2.45. The van der Waals surface area contributed by atoms with Crippen molar-refractivity contribution in [1.29, 1.82) is 0 Å². The highest BCUT2D eigenvalue weighted by molar-refractivity contribution is 8.00. The zero-order valence-electron chi connectivity index (χ0n) is 15.0. The molecule has 0 bridgehead atoms. The summed E-state index contributed by atoms with van der Waals surface area (Å²) >= 11 is 0. The van der Waals surface area contributed by atoms with Crippen LogP contribution in [-0.2, 0) is 17.0 Å². The lowest BCUT2D eigenvalue weighted by molar-refractivity contribution is -0.137. The Labute approximate surface area is 153 Å². The van der Waals surface area contributed by atoms with Crippen LogP contribution in [0.2, 0.25) is 0 Å². The van der Waals surface area contributed by atoms with E-state index in [0.29, 0.717) is 21.9 Å². The largest absolute Gasteiger partial charge is 0.416 e. The van der Waals surface area contributed by atoms with E-state index in [-0.39, 0.29) is 5.41 Å². The minimum absolute atomic E-state index is 0.379. The molecule has 0 spiro atoms. The molecule has 1 atom stereocenters. The zero-order valence-corrected chi connectivity index (χ0v) is 15.8. The number of halogens is 3. The molecule has 0 aliphatic heterocycles. The van der Waals surface area contributed by atoms with Crippen LogP contribution in [0.3, 0.4) is 0 Å². The minimum atomic E-state index is -4.37. The van der Waals surface area contributed by atoms with Crippen molar-refractivity contribution in [3.05, 3.63) is 54.1 Å². The van der Waals surface area contributed by atoms with Gasteiger partial charge in [-0.05, 0) is 23.8 Å². The van der Waals surface area contributed by atoms with Crippen LogP contribution in [0.15, 0.2) is 53.6 Å². The molecule has 0 amide bonds. The average molecular weight is 382 g/mol. The van der Waals surface area contributed by atoms with Crippen molar-refractivity contribution >= 4 is 21.5 Å². The van der Waals surface area contributed by atoms with Crippen LogP contribution >= 0.6 is 0 Å². The van der Waals surface area contributed by atoms with Crippen LogP contribution in [-0.4, -0.2) is 15.5 Å². The molecule has 0 saturated carbocycles. The Balaban J connectivity index is 2.38. The van der Waals surface area contributed by atoms with Gasteiger partial charge in [0.1, 0.15) is 5.04 Å². The number of hydrazone groups is 1. The summed E-state index contributed by atoms with van der Waals surface area (Å²) in [7, 11) is -1.25.